The number of thioether (sulfide) groups is 1. The van der Waals surface area contributed by atoms with Crippen LogP contribution in [0.1, 0.15) is 94.8 Å². The summed E-state index contributed by atoms with van der Waals surface area (Å²) in [5.41, 5.74) is 2.20. The van der Waals surface area contributed by atoms with Crippen LogP contribution in [0.5, 0.6) is 0 Å². The van der Waals surface area contributed by atoms with Gasteiger partial charge in [0.25, 0.3) is 0 Å². The first-order valence-corrected chi connectivity index (χ1v) is 15.5. The Kier molecular flexibility index (Phi) is 6.13. The van der Waals surface area contributed by atoms with Crippen molar-refractivity contribution in [3.8, 4) is 0 Å². The lowest BCUT2D eigenvalue weighted by atomic mass is 9.65. The maximum atomic E-state index is 12.2. The molecule has 0 amide bonds. The predicted octanol–water partition coefficient (Wildman–Crippen LogP) is 5.94. The Morgan fingerprint density at radius 3 is 1.92 bits per heavy atom. The molecule has 0 bridgehead atoms. The molecule has 0 aromatic carbocycles. The summed E-state index contributed by atoms with van der Waals surface area (Å²) < 4.78 is 10.7. The normalized spacial score (nSPS) is 46.8. The topological polar surface area (TPSA) is 73.2 Å². The van der Waals surface area contributed by atoms with Crippen molar-refractivity contribution in [2.45, 2.75) is 113 Å². The van der Waals surface area contributed by atoms with Crippen LogP contribution in [-0.2, 0) is 0 Å². The van der Waals surface area contributed by atoms with Crippen LogP contribution in [0.2, 0.25) is 0 Å². The van der Waals surface area contributed by atoms with Gasteiger partial charge in [-0.25, -0.2) is 0 Å². The number of aliphatic hydroxyl groups excluding tert-OH is 2. The molecule has 0 radical (unpaired) electrons. The van der Waals surface area contributed by atoms with Crippen molar-refractivity contribution in [3.05, 3.63) is 48.3 Å². The molecule has 2 spiro atoms. The van der Waals surface area contributed by atoms with Gasteiger partial charge < -0.3 is 19.0 Å². The van der Waals surface area contributed by atoms with E-state index in [1.165, 1.54) is 24.0 Å². The largest absolute Gasteiger partial charge is 0.472 e. The summed E-state index contributed by atoms with van der Waals surface area (Å²) in [5.74, 6) is 2.10. The summed E-state index contributed by atoms with van der Waals surface area (Å²) in [7, 11) is 0. The molecule has 2 N–H and O–H groups in total. The van der Waals surface area contributed by atoms with Gasteiger partial charge >= 0.3 is 0 Å². The molecular weight excluding hydrogens is 484 g/mol. The van der Waals surface area contributed by atoms with E-state index in [1.807, 2.05) is 24.3 Å². The summed E-state index contributed by atoms with van der Waals surface area (Å²) in [6, 6.07) is 5.38. The number of furan rings is 2. The Bertz CT molecular complexity index is 993. The standard InChI is InChI=1S/C30H42N2O4S/c1-19-3-5-25(21-9-13-35-15-21)31-23(19)7-11-29(27(31)33)17-30(37-18-29)12-8-24-20(2)4-6-26(32(24)28(30)34)22-10-14-36-16-22/h9-10,13-16,19-20,23-28,33-34H,3-8,11-12,17-18H2,1-2H3/t19-,20-,23+,24+,25+,26+,27-,28-,29+,30-/m0/s1. The summed E-state index contributed by atoms with van der Waals surface area (Å²) in [5, 5.41) is 24.4. The first-order chi connectivity index (χ1) is 17.9. The van der Waals surface area contributed by atoms with Gasteiger partial charge in [-0.1, -0.05) is 13.8 Å². The maximum absolute atomic E-state index is 12.2. The van der Waals surface area contributed by atoms with Crippen LogP contribution in [0.15, 0.2) is 46.0 Å². The molecule has 5 aliphatic heterocycles. The fourth-order valence-electron chi connectivity index (χ4n) is 9.06. The second-order valence-corrected chi connectivity index (χ2v) is 14.4. The van der Waals surface area contributed by atoms with Crippen molar-refractivity contribution >= 4 is 11.8 Å². The summed E-state index contributed by atoms with van der Waals surface area (Å²) >= 11 is 1.96. The minimum Gasteiger partial charge on any atom is -0.472 e. The lowest BCUT2D eigenvalue weighted by molar-refractivity contribution is -0.191. The highest BCUT2D eigenvalue weighted by molar-refractivity contribution is 8.01. The van der Waals surface area contributed by atoms with Crippen LogP contribution in [0.25, 0.3) is 0 Å². The predicted molar refractivity (Wildman–Crippen MR) is 144 cm³/mol. The molecule has 2 aromatic heterocycles. The number of aliphatic hydroxyl groups is 2. The second-order valence-electron chi connectivity index (χ2n) is 13.0. The Balaban J connectivity index is 1.18. The van der Waals surface area contributed by atoms with Gasteiger partial charge in [-0.05, 0) is 81.8 Å². The number of hydrogen-bond acceptors (Lipinski definition) is 7. The van der Waals surface area contributed by atoms with Crippen molar-refractivity contribution in [2.75, 3.05) is 5.75 Å². The first-order valence-electron chi connectivity index (χ1n) is 14.5. The lowest BCUT2D eigenvalue weighted by Gasteiger charge is -2.58. The number of piperidine rings is 4. The second kappa shape index (κ2) is 9.16. The molecule has 5 saturated heterocycles. The monoisotopic (exact) mass is 526 g/mol. The molecule has 5 aliphatic rings. The van der Waals surface area contributed by atoms with Crippen LogP contribution in [-0.4, -0.2) is 55.1 Å². The third-order valence-electron chi connectivity index (χ3n) is 11.1. The molecule has 6 nitrogen and oxygen atoms in total. The van der Waals surface area contributed by atoms with E-state index in [1.54, 1.807) is 12.5 Å². The van der Waals surface area contributed by atoms with Crippen LogP contribution in [0.4, 0.5) is 0 Å². The van der Waals surface area contributed by atoms with Gasteiger partial charge in [0.2, 0.25) is 0 Å². The molecule has 202 valence electrons. The molecule has 5 fully saturated rings. The number of rotatable bonds is 2. The van der Waals surface area contributed by atoms with E-state index in [-0.39, 0.29) is 22.2 Å². The van der Waals surface area contributed by atoms with Crippen molar-refractivity contribution in [1.29, 1.82) is 0 Å². The molecule has 7 rings (SSSR count). The molecule has 0 saturated carbocycles. The summed E-state index contributed by atoms with van der Waals surface area (Å²) in [6.45, 7) is 4.72. The van der Waals surface area contributed by atoms with E-state index in [0.29, 0.717) is 23.9 Å². The van der Waals surface area contributed by atoms with E-state index in [9.17, 15) is 10.2 Å². The van der Waals surface area contributed by atoms with Crippen LogP contribution < -0.4 is 0 Å². The lowest BCUT2D eigenvalue weighted by Crippen LogP contribution is -2.64. The van der Waals surface area contributed by atoms with Crippen molar-refractivity contribution in [3.63, 3.8) is 0 Å². The van der Waals surface area contributed by atoms with E-state index in [0.717, 1.165) is 50.7 Å². The Labute approximate surface area is 224 Å². The maximum Gasteiger partial charge on any atom is 0.122 e. The summed E-state index contributed by atoms with van der Waals surface area (Å²) in [6.07, 6.45) is 16.0. The molecule has 2 aromatic rings. The van der Waals surface area contributed by atoms with Gasteiger partial charge in [-0.3, -0.25) is 9.80 Å². The number of fused-ring (bicyclic) bond motifs is 2. The van der Waals surface area contributed by atoms with Crippen molar-refractivity contribution in [1.82, 2.24) is 9.80 Å². The zero-order valence-corrected chi connectivity index (χ0v) is 23.0. The van der Waals surface area contributed by atoms with Crippen molar-refractivity contribution < 1.29 is 19.0 Å². The highest BCUT2D eigenvalue weighted by Crippen LogP contribution is 2.63. The van der Waals surface area contributed by atoms with Gasteiger partial charge in [0.15, 0.2) is 0 Å². The molecular formula is C30H42N2O4S. The number of nitrogens with zero attached hydrogens (tertiary/aromatic N) is 2. The molecule has 7 heterocycles. The average molecular weight is 527 g/mol. The zero-order valence-electron chi connectivity index (χ0n) is 22.2. The summed E-state index contributed by atoms with van der Waals surface area (Å²) in [4.78, 5) is 4.90. The molecule has 0 unspecified atom stereocenters. The smallest absolute Gasteiger partial charge is 0.122 e. The molecule has 7 heteroatoms. The highest BCUT2D eigenvalue weighted by atomic mass is 32.2. The Hall–Kier alpha value is -1.25. The van der Waals surface area contributed by atoms with Gasteiger partial charge in [-0.15, -0.1) is 0 Å². The van der Waals surface area contributed by atoms with Crippen LogP contribution in [0.3, 0.4) is 0 Å². The van der Waals surface area contributed by atoms with E-state index in [2.05, 4.69) is 35.8 Å². The van der Waals surface area contributed by atoms with Crippen LogP contribution in [0, 0.1) is 17.3 Å². The quantitative estimate of drug-likeness (QED) is 0.501. The third kappa shape index (κ3) is 3.75. The van der Waals surface area contributed by atoms with E-state index in [4.69, 9.17) is 8.83 Å². The molecule has 0 aliphatic carbocycles. The van der Waals surface area contributed by atoms with Crippen molar-refractivity contribution in [2.24, 2.45) is 17.3 Å². The number of hydrogen-bond donors (Lipinski definition) is 2. The Morgan fingerprint density at radius 2 is 1.35 bits per heavy atom. The minimum atomic E-state index is -0.506. The highest BCUT2D eigenvalue weighted by Gasteiger charge is 2.63. The minimum absolute atomic E-state index is 0.180. The van der Waals surface area contributed by atoms with E-state index >= 15 is 0 Å². The molecule has 37 heavy (non-hydrogen) atoms. The SMILES string of the molecule is C[C@H]1CC[C@H](c2ccoc2)N2[C@@H]1CC[C@@]1(CS[C@@]3(CC[C@@H]4[C@@H](C)CC[C@H](c5ccoc5)N4[C@H]3O)C1)[C@@H]2O. The van der Waals surface area contributed by atoms with Gasteiger partial charge in [-0.2, -0.15) is 11.8 Å². The van der Waals surface area contributed by atoms with Gasteiger partial charge in [0, 0.05) is 46.5 Å². The zero-order chi connectivity index (χ0) is 25.4. The van der Waals surface area contributed by atoms with Crippen LogP contribution >= 0.6 is 11.8 Å². The third-order valence-corrected chi connectivity index (χ3v) is 13.0. The van der Waals surface area contributed by atoms with Gasteiger partial charge in [0.05, 0.1) is 29.8 Å². The average Bonchev–Trinajstić information content (AvgIpc) is 3.68. The molecule has 10 atom stereocenters. The first kappa shape index (κ1) is 24.8. The van der Waals surface area contributed by atoms with E-state index < -0.39 is 12.5 Å². The van der Waals surface area contributed by atoms with Gasteiger partial charge in [0.1, 0.15) is 12.5 Å². The fraction of sp³-hybridized carbons (Fsp3) is 0.733. The Morgan fingerprint density at radius 1 is 0.784 bits per heavy atom. The fourth-order valence-corrected chi connectivity index (χ4v) is 11.0.